The first-order valence-electron chi connectivity index (χ1n) is 12.1. The summed E-state index contributed by atoms with van der Waals surface area (Å²) in [5.41, 5.74) is 5.74. The summed E-state index contributed by atoms with van der Waals surface area (Å²) in [6.45, 7) is 17.6. The van der Waals surface area contributed by atoms with E-state index in [1.54, 1.807) is 0 Å². The molecule has 4 aromatic rings. The van der Waals surface area contributed by atoms with Crippen molar-refractivity contribution in [2.45, 2.75) is 79.1 Å². The zero-order chi connectivity index (χ0) is 23.9. The van der Waals surface area contributed by atoms with Gasteiger partial charge >= 0.3 is 0 Å². The van der Waals surface area contributed by atoms with Crippen LogP contribution in [-0.2, 0) is 22.4 Å². The maximum Gasteiger partial charge on any atom is 0 e. The molecule has 0 unspecified atom stereocenters. The summed E-state index contributed by atoms with van der Waals surface area (Å²) in [5, 5.41) is 0. The smallest absolute Gasteiger partial charge is 0 e. The van der Waals surface area contributed by atoms with Crippen LogP contribution in [0, 0.1) is 0 Å². The molecule has 0 spiro atoms. The molecule has 0 nitrogen and oxygen atoms in total. The van der Waals surface area contributed by atoms with Gasteiger partial charge in [0, 0.05) is 22.4 Å². The van der Waals surface area contributed by atoms with Crippen LogP contribution in [0.25, 0.3) is 0 Å². The van der Waals surface area contributed by atoms with E-state index in [0.29, 0.717) is 23.7 Å². The van der Waals surface area contributed by atoms with Crippen molar-refractivity contribution in [3.05, 3.63) is 119 Å². The molecule has 4 rings (SSSR count). The molecule has 0 aromatic heterocycles. The Balaban J connectivity index is 0.000000410. The monoisotopic (exact) mass is 609 g/mol. The molecule has 33 heavy (non-hydrogen) atoms. The molecule has 0 N–H and O–H groups in total. The van der Waals surface area contributed by atoms with Crippen LogP contribution in [0.5, 0.6) is 0 Å². The fourth-order valence-electron chi connectivity index (χ4n) is 3.10. The summed E-state index contributed by atoms with van der Waals surface area (Å²) < 4.78 is 0. The van der Waals surface area contributed by atoms with Crippen molar-refractivity contribution in [1.82, 2.24) is 0 Å². The predicted octanol–water partition coefficient (Wildman–Crippen LogP) is 10.1. The Morgan fingerprint density at radius 2 is 0.424 bits per heavy atom. The van der Waals surface area contributed by atoms with Crippen molar-refractivity contribution in [3.63, 3.8) is 0 Å². The van der Waals surface area contributed by atoms with Gasteiger partial charge in [0.05, 0.1) is 0 Å². The molecule has 0 aliphatic carbocycles. The second kappa shape index (κ2) is 17.6. The van der Waals surface area contributed by atoms with E-state index in [-0.39, 0.29) is 22.4 Å². The first-order chi connectivity index (χ1) is 15.2. The molecule has 0 heterocycles. The average molecular weight is 610 g/mol. The molecule has 181 valence electrons. The SMILES string of the molecule is CC(C)[c-]1cccc1.CC(C)[c-]1cccc1.CC(C)[c-]1cccc1.CC(C)[c-]1cccc1.[Ta]. The molecule has 0 aliphatic rings. The number of hydrogen-bond acceptors (Lipinski definition) is 0. The quantitative estimate of drug-likeness (QED) is 0.202. The zero-order valence-corrected chi connectivity index (χ0v) is 25.2. The van der Waals surface area contributed by atoms with Crippen LogP contribution in [-0.4, -0.2) is 0 Å². The maximum atomic E-state index is 2.20. The molecule has 0 bridgehead atoms. The molecule has 0 aliphatic heterocycles. The molecule has 0 saturated heterocycles. The molecule has 1 heteroatoms. The number of rotatable bonds is 4. The maximum absolute atomic E-state index is 2.20. The van der Waals surface area contributed by atoms with Gasteiger partial charge in [0.1, 0.15) is 0 Å². The zero-order valence-electron chi connectivity index (χ0n) is 22.0. The van der Waals surface area contributed by atoms with E-state index in [2.05, 4.69) is 152 Å². The molecule has 0 fully saturated rings. The van der Waals surface area contributed by atoms with Gasteiger partial charge in [0.15, 0.2) is 0 Å². The van der Waals surface area contributed by atoms with Gasteiger partial charge in [-0.05, 0) is 0 Å². The van der Waals surface area contributed by atoms with Crippen molar-refractivity contribution in [2.75, 3.05) is 0 Å². The van der Waals surface area contributed by atoms with E-state index in [9.17, 15) is 0 Å². The van der Waals surface area contributed by atoms with Gasteiger partial charge < -0.3 is 0 Å². The summed E-state index contributed by atoms with van der Waals surface area (Å²) >= 11 is 0. The molecule has 4 aromatic carbocycles. The Kier molecular flexibility index (Phi) is 16.6. The van der Waals surface area contributed by atoms with Crippen LogP contribution in [0.4, 0.5) is 0 Å². The first-order valence-corrected chi connectivity index (χ1v) is 12.1. The Morgan fingerprint density at radius 1 is 0.303 bits per heavy atom. The molecular formula is C32H44Ta-4. The fraction of sp³-hybridized carbons (Fsp3) is 0.375. The molecule has 0 saturated carbocycles. The number of hydrogen-bond donors (Lipinski definition) is 0. The molecule has 0 atom stereocenters. The topological polar surface area (TPSA) is 0 Å². The van der Waals surface area contributed by atoms with Crippen LogP contribution < -0.4 is 0 Å². The molecule has 1 radical (unpaired) electrons. The normalized spacial score (nSPS) is 10.1. The minimum atomic E-state index is 0. The van der Waals surface area contributed by atoms with Gasteiger partial charge in [-0.2, -0.15) is 70.8 Å². The van der Waals surface area contributed by atoms with E-state index < -0.39 is 0 Å². The van der Waals surface area contributed by atoms with E-state index >= 15 is 0 Å². The van der Waals surface area contributed by atoms with E-state index in [0.717, 1.165) is 0 Å². The van der Waals surface area contributed by atoms with E-state index in [1.807, 2.05) is 0 Å². The van der Waals surface area contributed by atoms with Gasteiger partial charge in [-0.25, -0.2) is 48.5 Å². The largest absolute Gasteiger partial charge is 0.213 e. The Hall–Kier alpha value is -1.86. The van der Waals surface area contributed by atoms with Crippen LogP contribution in [0.15, 0.2) is 97.1 Å². The van der Waals surface area contributed by atoms with Crippen molar-refractivity contribution in [1.29, 1.82) is 0 Å². The minimum Gasteiger partial charge on any atom is -0.213 e. The predicted molar refractivity (Wildman–Crippen MR) is 144 cm³/mol. The minimum absolute atomic E-state index is 0. The third kappa shape index (κ3) is 13.4. The van der Waals surface area contributed by atoms with Gasteiger partial charge in [0.25, 0.3) is 0 Å². The van der Waals surface area contributed by atoms with Crippen LogP contribution >= 0.6 is 0 Å². The van der Waals surface area contributed by atoms with Crippen LogP contribution in [0.3, 0.4) is 0 Å². The first kappa shape index (κ1) is 31.1. The van der Waals surface area contributed by atoms with Crippen molar-refractivity contribution < 1.29 is 22.4 Å². The summed E-state index contributed by atoms with van der Waals surface area (Å²) in [4.78, 5) is 0. The Bertz CT molecular complexity index is 700. The fourth-order valence-corrected chi connectivity index (χ4v) is 3.10. The van der Waals surface area contributed by atoms with E-state index in [4.69, 9.17) is 0 Å². The average Bonchev–Trinajstić information content (AvgIpc) is 3.56. The van der Waals surface area contributed by atoms with Crippen molar-refractivity contribution in [2.24, 2.45) is 0 Å². The van der Waals surface area contributed by atoms with Gasteiger partial charge in [-0.1, -0.05) is 79.1 Å². The Morgan fingerprint density at radius 3 is 0.485 bits per heavy atom. The third-order valence-electron chi connectivity index (χ3n) is 5.42. The Labute approximate surface area is 220 Å². The van der Waals surface area contributed by atoms with Gasteiger partial charge in [-0.3, -0.25) is 0 Å². The summed E-state index contributed by atoms with van der Waals surface area (Å²) in [6, 6.07) is 33.9. The standard InChI is InChI=1S/4C8H11.Ta/c4*1-7(2)8-5-3-4-6-8;/h4*3-7H,1-2H3;/q4*-1;. The van der Waals surface area contributed by atoms with Crippen molar-refractivity contribution >= 4 is 0 Å². The molecule has 0 amide bonds. The van der Waals surface area contributed by atoms with Gasteiger partial charge in [0.2, 0.25) is 0 Å². The van der Waals surface area contributed by atoms with Gasteiger partial charge in [-0.15, -0.1) is 0 Å². The summed E-state index contributed by atoms with van der Waals surface area (Å²) in [6.07, 6.45) is 0. The van der Waals surface area contributed by atoms with E-state index in [1.165, 1.54) is 22.3 Å². The third-order valence-corrected chi connectivity index (χ3v) is 5.42. The second-order valence-electron chi connectivity index (χ2n) is 9.49. The summed E-state index contributed by atoms with van der Waals surface area (Å²) in [5.74, 6) is 2.74. The summed E-state index contributed by atoms with van der Waals surface area (Å²) in [7, 11) is 0. The van der Waals surface area contributed by atoms with Crippen molar-refractivity contribution in [3.8, 4) is 0 Å². The van der Waals surface area contributed by atoms with Crippen LogP contribution in [0.2, 0.25) is 0 Å². The molecular weight excluding hydrogens is 565 g/mol. The second-order valence-corrected chi connectivity index (χ2v) is 9.49. The van der Waals surface area contributed by atoms with Crippen LogP contribution in [0.1, 0.15) is 101 Å².